The van der Waals surface area contributed by atoms with E-state index in [2.05, 4.69) is 0 Å². The third kappa shape index (κ3) is 4.87. The fraction of sp³-hybridized carbons (Fsp3) is 0.190. The van der Waals surface area contributed by atoms with Crippen LogP contribution in [0, 0.1) is 0 Å². The lowest BCUT2D eigenvalue weighted by Crippen LogP contribution is -2.22. The van der Waals surface area contributed by atoms with Crippen molar-refractivity contribution in [1.29, 1.82) is 0 Å². The lowest BCUT2D eigenvalue weighted by atomic mass is 10.0. The number of halogens is 1. The average molecular weight is 434 g/mol. The maximum atomic E-state index is 12.3. The zero-order chi connectivity index (χ0) is 21.2. The Morgan fingerprint density at radius 3 is 2.38 bits per heavy atom. The van der Waals surface area contributed by atoms with Gasteiger partial charge in [-0.15, -0.1) is 0 Å². The van der Waals surface area contributed by atoms with Crippen LogP contribution in [-0.2, 0) is 21.1 Å². The van der Waals surface area contributed by atoms with Crippen molar-refractivity contribution in [3.8, 4) is 22.5 Å². The molecule has 0 aliphatic carbocycles. The molecule has 1 amide bonds. The van der Waals surface area contributed by atoms with Crippen molar-refractivity contribution < 1.29 is 22.8 Å². The minimum atomic E-state index is -3.49. The maximum Gasteiger partial charge on any atom is 0.246 e. The van der Waals surface area contributed by atoms with Crippen LogP contribution in [0.25, 0.3) is 22.5 Å². The first-order chi connectivity index (χ1) is 13.7. The van der Waals surface area contributed by atoms with E-state index in [9.17, 15) is 18.4 Å². The Balaban J connectivity index is 2.13. The molecule has 0 unspecified atom stereocenters. The Labute approximate surface area is 174 Å². The van der Waals surface area contributed by atoms with Crippen molar-refractivity contribution in [1.82, 2.24) is 5.06 Å². The van der Waals surface area contributed by atoms with Gasteiger partial charge in [-0.05, 0) is 35.9 Å². The number of hydrogen-bond acceptors (Lipinski definition) is 5. The number of furan rings is 1. The normalized spacial score (nSPS) is 11.4. The van der Waals surface area contributed by atoms with Crippen molar-refractivity contribution in [2.75, 3.05) is 13.3 Å². The Kier molecular flexibility index (Phi) is 6.12. The van der Waals surface area contributed by atoms with Gasteiger partial charge in [-0.1, -0.05) is 35.9 Å². The molecule has 2 aromatic carbocycles. The van der Waals surface area contributed by atoms with Gasteiger partial charge in [0.15, 0.2) is 9.84 Å². The second-order valence-corrected chi connectivity index (χ2v) is 9.07. The number of carbonyl (C=O) groups excluding carboxylic acids is 1. The van der Waals surface area contributed by atoms with Crippen LogP contribution in [0.4, 0.5) is 0 Å². The quantitative estimate of drug-likeness (QED) is 0.458. The third-order valence-electron chi connectivity index (χ3n) is 4.42. The summed E-state index contributed by atoms with van der Waals surface area (Å²) in [4.78, 5) is 11.9. The third-order valence-corrected chi connectivity index (χ3v) is 5.82. The number of hydrogen-bond donors (Lipinski definition) is 1. The van der Waals surface area contributed by atoms with Crippen LogP contribution in [0.2, 0.25) is 5.02 Å². The van der Waals surface area contributed by atoms with Gasteiger partial charge < -0.3 is 4.42 Å². The molecule has 6 nitrogen and oxygen atoms in total. The number of benzene rings is 2. The summed E-state index contributed by atoms with van der Waals surface area (Å²) in [5.74, 6) is 0.448. The molecular formula is C21H20ClNO5S. The van der Waals surface area contributed by atoms with Crippen LogP contribution in [0.3, 0.4) is 0 Å². The standard InChI is InChI=1S/C21H20ClNO5S/c1-23(25)20(24)12-11-16-13-18(14-7-9-15(22)10-8-14)21(28-16)17-5-3-4-6-19(17)29(2,26)27/h3-10,13,25H,11-12H2,1-2H3. The van der Waals surface area contributed by atoms with Gasteiger partial charge in [-0.2, -0.15) is 0 Å². The van der Waals surface area contributed by atoms with Crippen LogP contribution < -0.4 is 0 Å². The van der Waals surface area contributed by atoms with Crippen LogP contribution in [-0.4, -0.2) is 37.9 Å². The lowest BCUT2D eigenvalue weighted by Gasteiger charge is -2.08. The van der Waals surface area contributed by atoms with Gasteiger partial charge in [-0.3, -0.25) is 10.0 Å². The summed E-state index contributed by atoms with van der Waals surface area (Å²) in [6.45, 7) is 0. The van der Waals surface area contributed by atoms with Gasteiger partial charge in [0.05, 0.1) is 4.90 Å². The van der Waals surface area contributed by atoms with E-state index in [1.54, 1.807) is 36.4 Å². The highest BCUT2D eigenvalue weighted by atomic mass is 35.5. The molecule has 0 aliphatic rings. The van der Waals surface area contributed by atoms with Gasteiger partial charge in [-0.25, -0.2) is 13.5 Å². The Morgan fingerprint density at radius 1 is 1.10 bits per heavy atom. The molecule has 3 rings (SSSR count). The van der Waals surface area contributed by atoms with E-state index < -0.39 is 15.7 Å². The zero-order valence-corrected chi connectivity index (χ0v) is 17.5. The van der Waals surface area contributed by atoms with E-state index in [-0.39, 0.29) is 17.7 Å². The fourth-order valence-electron chi connectivity index (χ4n) is 2.98. The first-order valence-electron chi connectivity index (χ1n) is 8.80. The molecule has 152 valence electrons. The summed E-state index contributed by atoms with van der Waals surface area (Å²) in [5.41, 5.74) is 1.93. The molecule has 0 saturated carbocycles. The van der Waals surface area contributed by atoms with Gasteiger partial charge in [0.2, 0.25) is 5.91 Å². The van der Waals surface area contributed by atoms with E-state index in [4.69, 9.17) is 16.0 Å². The molecule has 3 aromatic rings. The number of hydroxylamine groups is 2. The van der Waals surface area contributed by atoms with Crippen LogP contribution in [0.15, 0.2) is 63.9 Å². The van der Waals surface area contributed by atoms with Crippen LogP contribution >= 0.6 is 11.6 Å². The number of nitrogens with zero attached hydrogens (tertiary/aromatic N) is 1. The highest BCUT2D eigenvalue weighted by Gasteiger charge is 2.22. The average Bonchev–Trinajstić information content (AvgIpc) is 3.10. The highest BCUT2D eigenvalue weighted by Crippen LogP contribution is 2.38. The molecule has 1 N–H and O–H groups in total. The summed E-state index contributed by atoms with van der Waals surface area (Å²) in [6.07, 6.45) is 1.45. The SMILES string of the molecule is CN(O)C(=O)CCc1cc(-c2ccc(Cl)cc2)c(-c2ccccc2S(C)(=O)=O)o1. The number of rotatable bonds is 6. The lowest BCUT2D eigenvalue weighted by molar-refractivity contribution is -0.159. The van der Waals surface area contributed by atoms with Crippen molar-refractivity contribution in [2.45, 2.75) is 17.7 Å². The monoisotopic (exact) mass is 433 g/mol. The molecule has 29 heavy (non-hydrogen) atoms. The number of amides is 1. The summed E-state index contributed by atoms with van der Waals surface area (Å²) in [5, 5.41) is 10.3. The summed E-state index contributed by atoms with van der Waals surface area (Å²) < 4.78 is 30.6. The predicted octanol–water partition coefficient (Wildman–Crippen LogP) is 4.45. The molecule has 8 heteroatoms. The molecule has 0 aliphatic heterocycles. The highest BCUT2D eigenvalue weighted by molar-refractivity contribution is 7.90. The van der Waals surface area contributed by atoms with Gasteiger partial charge >= 0.3 is 0 Å². The number of carbonyl (C=O) groups is 1. The summed E-state index contributed by atoms with van der Waals surface area (Å²) in [7, 11) is -2.23. The molecule has 1 aromatic heterocycles. The van der Waals surface area contributed by atoms with E-state index in [0.29, 0.717) is 32.7 Å². The maximum absolute atomic E-state index is 12.3. The smallest absolute Gasteiger partial charge is 0.246 e. The van der Waals surface area contributed by atoms with Gasteiger partial charge in [0.25, 0.3) is 0 Å². The van der Waals surface area contributed by atoms with Crippen molar-refractivity contribution in [3.63, 3.8) is 0 Å². The van der Waals surface area contributed by atoms with Gasteiger partial charge in [0.1, 0.15) is 11.5 Å². The Hall–Kier alpha value is -2.61. The fourth-order valence-corrected chi connectivity index (χ4v) is 3.99. The predicted molar refractivity (Wildman–Crippen MR) is 111 cm³/mol. The molecule has 0 fully saturated rings. The molecular weight excluding hydrogens is 414 g/mol. The minimum absolute atomic E-state index is 0.0493. The Bertz CT molecular complexity index is 1130. The second-order valence-electron chi connectivity index (χ2n) is 6.65. The van der Waals surface area contributed by atoms with E-state index in [1.807, 2.05) is 12.1 Å². The molecule has 0 spiro atoms. The Morgan fingerprint density at radius 2 is 1.76 bits per heavy atom. The molecule has 0 radical (unpaired) electrons. The molecule has 0 atom stereocenters. The van der Waals surface area contributed by atoms with Crippen LogP contribution in [0.5, 0.6) is 0 Å². The summed E-state index contributed by atoms with van der Waals surface area (Å²) in [6, 6.07) is 15.5. The molecule has 1 heterocycles. The van der Waals surface area contributed by atoms with E-state index in [0.717, 1.165) is 11.8 Å². The van der Waals surface area contributed by atoms with E-state index >= 15 is 0 Å². The topological polar surface area (TPSA) is 87.8 Å². The second kappa shape index (κ2) is 8.41. The first-order valence-corrected chi connectivity index (χ1v) is 11.1. The zero-order valence-electron chi connectivity index (χ0n) is 15.9. The summed E-state index contributed by atoms with van der Waals surface area (Å²) >= 11 is 5.99. The molecule has 0 saturated heterocycles. The minimum Gasteiger partial charge on any atom is -0.460 e. The van der Waals surface area contributed by atoms with Crippen molar-refractivity contribution >= 4 is 27.3 Å². The number of aryl methyl sites for hydroxylation is 1. The van der Waals surface area contributed by atoms with E-state index in [1.165, 1.54) is 13.1 Å². The van der Waals surface area contributed by atoms with Gasteiger partial charge in [0, 0.05) is 42.3 Å². The van der Waals surface area contributed by atoms with Crippen LogP contribution in [0.1, 0.15) is 12.2 Å². The molecule has 0 bridgehead atoms. The number of sulfone groups is 1. The first kappa shape index (κ1) is 21.1. The van der Waals surface area contributed by atoms with Crippen molar-refractivity contribution in [2.24, 2.45) is 0 Å². The largest absolute Gasteiger partial charge is 0.460 e. The van der Waals surface area contributed by atoms with Crippen molar-refractivity contribution in [3.05, 3.63) is 65.4 Å².